The van der Waals surface area contributed by atoms with Crippen molar-refractivity contribution in [1.82, 2.24) is 29.6 Å². The standard InChI is InChI=1S/C18H14Cl2N6O2/c19-12-3-1-2-11(15(12)20)18(27)26-10-7-25-16(13-6-21-4-5-22-13)23-24-17(25)14(26)9-28-8-10/h1-6,10,14H,7-9H2. The van der Waals surface area contributed by atoms with Crippen molar-refractivity contribution in [1.29, 1.82) is 0 Å². The number of halogens is 2. The summed E-state index contributed by atoms with van der Waals surface area (Å²) in [5.74, 6) is 1.09. The lowest BCUT2D eigenvalue weighted by atomic mass is 10.0. The molecule has 1 fully saturated rings. The van der Waals surface area contributed by atoms with Crippen molar-refractivity contribution in [3.63, 3.8) is 0 Å². The number of aromatic nitrogens is 5. The molecule has 1 saturated heterocycles. The quantitative estimate of drug-likeness (QED) is 0.637. The molecule has 1 amide bonds. The zero-order valence-electron chi connectivity index (χ0n) is 14.5. The fourth-order valence-electron chi connectivity index (χ4n) is 3.74. The molecule has 2 aliphatic rings. The van der Waals surface area contributed by atoms with Crippen molar-refractivity contribution in [3.05, 3.63) is 58.2 Å². The van der Waals surface area contributed by atoms with Gasteiger partial charge in [0.05, 0.1) is 41.1 Å². The third kappa shape index (κ3) is 2.68. The fraction of sp³-hybridized carbons (Fsp3) is 0.278. The van der Waals surface area contributed by atoms with Crippen molar-refractivity contribution in [3.8, 4) is 11.5 Å². The summed E-state index contributed by atoms with van der Waals surface area (Å²) < 4.78 is 7.71. The third-order valence-electron chi connectivity index (χ3n) is 4.99. The lowest BCUT2D eigenvalue weighted by molar-refractivity contribution is -0.0569. The molecule has 2 bridgehead atoms. The zero-order valence-corrected chi connectivity index (χ0v) is 16.0. The Balaban J connectivity index is 1.56. The summed E-state index contributed by atoms with van der Waals surface area (Å²) in [5.41, 5.74) is 1.01. The summed E-state index contributed by atoms with van der Waals surface area (Å²) in [7, 11) is 0. The smallest absolute Gasteiger partial charge is 0.256 e. The monoisotopic (exact) mass is 416 g/mol. The Kier molecular flexibility index (Phi) is 4.26. The van der Waals surface area contributed by atoms with Crippen molar-refractivity contribution < 1.29 is 9.53 Å². The highest BCUT2D eigenvalue weighted by Gasteiger charge is 2.44. The summed E-state index contributed by atoms with van der Waals surface area (Å²) in [6, 6.07) is 4.50. The van der Waals surface area contributed by atoms with Crippen LogP contribution < -0.4 is 0 Å². The summed E-state index contributed by atoms with van der Waals surface area (Å²) in [6.07, 6.45) is 4.86. The second kappa shape index (κ2) is 6.80. The SMILES string of the molecule is O=C(c1cccc(Cl)c1Cl)N1C2COCC1c1nnc(-c3cnccn3)n1C2. The second-order valence-corrected chi connectivity index (χ2v) is 7.39. The van der Waals surface area contributed by atoms with Gasteiger partial charge in [0.1, 0.15) is 11.7 Å². The van der Waals surface area contributed by atoms with Crippen LogP contribution in [0.4, 0.5) is 0 Å². The Labute approximate surface area is 170 Å². The van der Waals surface area contributed by atoms with Gasteiger partial charge < -0.3 is 14.2 Å². The van der Waals surface area contributed by atoms with E-state index in [2.05, 4.69) is 20.2 Å². The maximum atomic E-state index is 13.3. The van der Waals surface area contributed by atoms with Gasteiger partial charge in [0.2, 0.25) is 0 Å². The first kappa shape index (κ1) is 17.5. The Hall–Kier alpha value is -2.55. The van der Waals surface area contributed by atoms with Crippen LogP contribution in [-0.2, 0) is 11.3 Å². The minimum Gasteiger partial charge on any atom is -0.377 e. The molecule has 0 aliphatic carbocycles. The predicted octanol–water partition coefficient (Wildman–Crippen LogP) is 2.64. The first-order valence-electron chi connectivity index (χ1n) is 8.69. The van der Waals surface area contributed by atoms with Crippen LogP contribution in [0.1, 0.15) is 22.2 Å². The number of benzene rings is 1. The highest BCUT2D eigenvalue weighted by molar-refractivity contribution is 6.43. The number of morpholine rings is 1. The number of fused-ring (bicyclic) bond motifs is 4. The topological polar surface area (TPSA) is 86.0 Å². The molecule has 10 heteroatoms. The minimum absolute atomic E-state index is 0.180. The lowest BCUT2D eigenvalue weighted by Crippen LogP contribution is -2.56. The van der Waals surface area contributed by atoms with Gasteiger partial charge in [0.25, 0.3) is 5.91 Å². The van der Waals surface area contributed by atoms with Crippen molar-refractivity contribution >= 4 is 29.1 Å². The van der Waals surface area contributed by atoms with Crippen LogP contribution in [-0.4, -0.2) is 54.8 Å². The molecule has 2 aliphatic heterocycles. The van der Waals surface area contributed by atoms with Crippen LogP contribution >= 0.6 is 23.2 Å². The summed E-state index contributed by atoms with van der Waals surface area (Å²) in [5, 5.41) is 9.23. The molecule has 28 heavy (non-hydrogen) atoms. The van der Waals surface area contributed by atoms with E-state index >= 15 is 0 Å². The first-order valence-corrected chi connectivity index (χ1v) is 9.44. The van der Waals surface area contributed by atoms with Crippen LogP contribution in [0, 0.1) is 0 Å². The summed E-state index contributed by atoms with van der Waals surface area (Å²) in [6.45, 7) is 1.24. The molecule has 2 aromatic heterocycles. The molecular formula is C18H14Cl2N6O2. The number of amides is 1. The van der Waals surface area contributed by atoms with E-state index in [9.17, 15) is 4.79 Å². The van der Waals surface area contributed by atoms with E-state index in [1.54, 1.807) is 41.7 Å². The maximum Gasteiger partial charge on any atom is 0.256 e. The number of carbonyl (C=O) groups excluding carboxylic acids is 1. The molecule has 5 rings (SSSR count). The van der Waals surface area contributed by atoms with Crippen molar-refractivity contribution in [2.24, 2.45) is 0 Å². The molecule has 4 heterocycles. The molecule has 0 saturated carbocycles. The van der Waals surface area contributed by atoms with E-state index in [-0.39, 0.29) is 23.0 Å². The van der Waals surface area contributed by atoms with Crippen LogP contribution in [0.25, 0.3) is 11.5 Å². The van der Waals surface area contributed by atoms with Crippen LogP contribution in [0.15, 0.2) is 36.8 Å². The van der Waals surface area contributed by atoms with Crippen molar-refractivity contribution in [2.45, 2.75) is 18.6 Å². The highest BCUT2D eigenvalue weighted by atomic mass is 35.5. The van der Waals surface area contributed by atoms with Gasteiger partial charge in [-0.25, -0.2) is 4.98 Å². The van der Waals surface area contributed by atoms with Gasteiger partial charge in [-0.2, -0.15) is 0 Å². The first-order chi connectivity index (χ1) is 13.6. The fourth-order valence-corrected chi connectivity index (χ4v) is 4.12. The molecule has 8 nitrogen and oxygen atoms in total. The normalized spacial score (nSPS) is 20.7. The number of ether oxygens (including phenoxy) is 1. The Morgan fingerprint density at radius 2 is 2.07 bits per heavy atom. The average molecular weight is 417 g/mol. The summed E-state index contributed by atoms with van der Waals surface area (Å²) in [4.78, 5) is 23.5. The molecule has 0 radical (unpaired) electrons. The van der Waals surface area contributed by atoms with Gasteiger partial charge in [-0.1, -0.05) is 29.3 Å². The Bertz CT molecular complexity index is 1060. The van der Waals surface area contributed by atoms with Crippen LogP contribution in [0.2, 0.25) is 10.0 Å². The van der Waals surface area contributed by atoms with E-state index in [4.69, 9.17) is 27.9 Å². The van der Waals surface area contributed by atoms with Crippen LogP contribution in [0.5, 0.6) is 0 Å². The molecule has 2 atom stereocenters. The molecule has 0 N–H and O–H groups in total. The van der Waals surface area contributed by atoms with E-state index in [0.717, 1.165) is 0 Å². The molecule has 3 aromatic rings. The zero-order chi connectivity index (χ0) is 19.3. The van der Waals surface area contributed by atoms with Gasteiger partial charge in [-0.3, -0.25) is 9.78 Å². The maximum absolute atomic E-state index is 13.3. The number of hydrogen-bond donors (Lipinski definition) is 0. The van der Waals surface area contributed by atoms with Gasteiger partial charge in [0, 0.05) is 18.9 Å². The average Bonchev–Trinajstić information content (AvgIpc) is 3.13. The lowest BCUT2D eigenvalue weighted by Gasteiger charge is -2.45. The number of rotatable bonds is 2. The van der Waals surface area contributed by atoms with Crippen LogP contribution in [0.3, 0.4) is 0 Å². The molecule has 2 unspecified atom stereocenters. The molecule has 142 valence electrons. The number of hydrogen-bond acceptors (Lipinski definition) is 6. The third-order valence-corrected chi connectivity index (χ3v) is 5.81. The van der Waals surface area contributed by atoms with Crippen molar-refractivity contribution in [2.75, 3.05) is 13.2 Å². The van der Waals surface area contributed by atoms with E-state index in [0.29, 0.717) is 47.7 Å². The van der Waals surface area contributed by atoms with Gasteiger partial charge >= 0.3 is 0 Å². The van der Waals surface area contributed by atoms with Gasteiger partial charge in [0.15, 0.2) is 11.6 Å². The minimum atomic E-state index is -0.368. The van der Waals surface area contributed by atoms with E-state index in [1.807, 2.05) is 4.57 Å². The second-order valence-electron chi connectivity index (χ2n) is 6.60. The van der Waals surface area contributed by atoms with E-state index in [1.165, 1.54) is 0 Å². The molecule has 1 aromatic carbocycles. The molecular weight excluding hydrogens is 403 g/mol. The number of nitrogens with zero attached hydrogens (tertiary/aromatic N) is 6. The van der Waals surface area contributed by atoms with Gasteiger partial charge in [-0.15, -0.1) is 10.2 Å². The number of carbonyl (C=O) groups is 1. The predicted molar refractivity (Wildman–Crippen MR) is 101 cm³/mol. The Morgan fingerprint density at radius 3 is 2.89 bits per heavy atom. The van der Waals surface area contributed by atoms with E-state index < -0.39 is 0 Å². The Morgan fingerprint density at radius 1 is 1.18 bits per heavy atom. The van der Waals surface area contributed by atoms with Gasteiger partial charge in [-0.05, 0) is 12.1 Å². The highest BCUT2D eigenvalue weighted by Crippen LogP contribution is 2.37. The summed E-state index contributed by atoms with van der Waals surface area (Å²) >= 11 is 12.4. The largest absolute Gasteiger partial charge is 0.377 e. The molecule has 0 spiro atoms.